The molecule has 0 unspecified atom stereocenters. The van der Waals surface area contributed by atoms with E-state index < -0.39 is 0 Å². The van der Waals surface area contributed by atoms with Crippen LogP contribution >= 0.6 is 11.3 Å². The van der Waals surface area contributed by atoms with Gasteiger partial charge in [-0.25, -0.2) is 4.98 Å². The van der Waals surface area contributed by atoms with Gasteiger partial charge in [-0.1, -0.05) is 0 Å². The molecule has 1 aromatic rings. The van der Waals surface area contributed by atoms with Crippen LogP contribution in [0.15, 0.2) is 5.38 Å². The molecular weight excluding hydrogens is 212 g/mol. The Balaban J connectivity index is 2.69. The monoisotopic (exact) mass is 228 g/mol. The van der Waals surface area contributed by atoms with E-state index in [-0.39, 0.29) is 5.78 Å². The second-order valence-electron chi connectivity index (χ2n) is 3.14. The lowest BCUT2D eigenvalue weighted by molar-refractivity contribution is 0.101. The summed E-state index contributed by atoms with van der Waals surface area (Å²) in [4.78, 5) is 17.5. The zero-order valence-corrected chi connectivity index (χ0v) is 10.1. The number of ketones is 1. The van der Waals surface area contributed by atoms with Crippen molar-refractivity contribution in [2.75, 3.05) is 31.7 Å². The zero-order chi connectivity index (χ0) is 11.3. The minimum atomic E-state index is 0.0142. The summed E-state index contributed by atoms with van der Waals surface area (Å²) >= 11 is 1.50. The molecule has 0 bridgehead atoms. The predicted molar refractivity (Wildman–Crippen MR) is 61.9 cm³/mol. The van der Waals surface area contributed by atoms with Crippen LogP contribution in [0.1, 0.15) is 24.3 Å². The summed E-state index contributed by atoms with van der Waals surface area (Å²) in [6.07, 6.45) is 0. The number of aromatic nitrogens is 1. The molecule has 0 atom stereocenters. The van der Waals surface area contributed by atoms with Gasteiger partial charge in [0.25, 0.3) is 0 Å². The lowest BCUT2D eigenvalue weighted by Crippen LogP contribution is -2.26. The fourth-order valence-corrected chi connectivity index (χ4v) is 2.12. The topological polar surface area (TPSA) is 42.4 Å². The minimum Gasteiger partial charge on any atom is -0.383 e. The molecule has 84 valence electrons. The molecule has 0 saturated heterocycles. The molecule has 15 heavy (non-hydrogen) atoms. The summed E-state index contributed by atoms with van der Waals surface area (Å²) in [6, 6.07) is 0. The zero-order valence-electron chi connectivity index (χ0n) is 9.32. The summed E-state index contributed by atoms with van der Waals surface area (Å²) in [5, 5.41) is 2.69. The van der Waals surface area contributed by atoms with Crippen LogP contribution in [-0.2, 0) is 4.74 Å². The first-order valence-corrected chi connectivity index (χ1v) is 5.77. The van der Waals surface area contributed by atoms with Gasteiger partial charge in [0.05, 0.1) is 6.61 Å². The van der Waals surface area contributed by atoms with E-state index in [0.29, 0.717) is 12.3 Å². The number of methoxy groups -OCH3 is 1. The molecule has 0 fully saturated rings. The average Bonchev–Trinajstić information content (AvgIpc) is 2.68. The van der Waals surface area contributed by atoms with Crippen molar-refractivity contribution in [3.05, 3.63) is 11.1 Å². The highest BCUT2D eigenvalue weighted by molar-refractivity contribution is 7.13. The fourth-order valence-electron chi connectivity index (χ4n) is 1.16. The quantitative estimate of drug-likeness (QED) is 0.696. The maximum atomic E-state index is 11.1. The van der Waals surface area contributed by atoms with Gasteiger partial charge in [-0.2, -0.15) is 0 Å². The molecule has 0 aliphatic rings. The third-order valence-electron chi connectivity index (χ3n) is 2.07. The number of likely N-dealkylation sites (N-methyl/N-ethyl adjacent to an activating group) is 1. The van der Waals surface area contributed by atoms with Crippen molar-refractivity contribution < 1.29 is 9.53 Å². The summed E-state index contributed by atoms with van der Waals surface area (Å²) in [5.41, 5.74) is 0.547. The van der Waals surface area contributed by atoms with Crippen molar-refractivity contribution in [3.63, 3.8) is 0 Å². The van der Waals surface area contributed by atoms with Crippen molar-refractivity contribution in [2.45, 2.75) is 13.8 Å². The standard InChI is InChI=1S/C10H16N2O2S/c1-4-12(5-6-14-3)10-11-9(7-15-10)8(2)13/h7H,4-6H2,1-3H3. The van der Waals surface area contributed by atoms with E-state index in [4.69, 9.17) is 4.74 Å². The number of thiazole rings is 1. The number of hydrogen-bond acceptors (Lipinski definition) is 5. The number of hydrogen-bond donors (Lipinski definition) is 0. The molecule has 0 aliphatic carbocycles. The Morgan fingerprint density at radius 3 is 2.87 bits per heavy atom. The van der Waals surface area contributed by atoms with Crippen LogP contribution in [0.25, 0.3) is 0 Å². The number of carbonyl (C=O) groups is 1. The smallest absolute Gasteiger partial charge is 0.186 e. The molecule has 1 heterocycles. The van der Waals surface area contributed by atoms with Gasteiger partial charge in [-0.05, 0) is 6.92 Å². The lowest BCUT2D eigenvalue weighted by Gasteiger charge is -2.18. The molecule has 1 aromatic heterocycles. The highest BCUT2D eigenvalue weighted by Crippen LogP contribution is 2.20. The highest BCUT2D eigenvalue weighted by Gasteiger charge is 2.11. The molecule has 5 heteroatoms. The van der Waals surface area contributed by atoms with Crippen LogP contribution in [0.5, 0.6) is 0 Å². The van der Waals surface area contributed by atoms with Crippen LogP contribution in [0.4, 0.5) is 5.13 Å². The Morgan fingerprint density at radius 2 is 2.40 bits per heavy atom. The largest absolute Gasteiger partial charge is 0.383 e. The van der Waals surface area contributed by atoms with Crippen molar-refractivity contribution >= 4 is 22.3 Å². The van der Waals surface area contributed by atoms with Crippen molar-refractivity contribution in [2.24, 2.45) is 0 Å². The first-order chi connectivity index (χ1) is 7.19. The number of nitrogens with zero attached hydrogens (tertiary/aromatic N) is 2. The molecule has 0 saturated carbocycles. The van der Waals surface area contributed by atoms with E-state index in [0.717, 1.165) is 18.2 Å². The number of ether oxygens (including phenoxy) is 1. The van der Waals surface area contributed by atoms with Gasteiger partial charge in [-0.3, -0.25) is 4.79 Å². The summed E-state index contributed by atoms with van der Waals surface area (Å²) in [6.45, 7) is 5.93. The number of Topliss-reactive ketones (excluding diaryl/α,β-unsaturated/α-hetero) is 1. The molecule has 0 aliphatic heterocycles. The predicted octanol–water partition coefficient (Wildman–Crippen LogP) is 1.82. The second-order valence-corrected chi connectivity index (χ2v) is 3.98. The number of rotatable bonds is 6. The van der Waals surface area contributed by atoms with Gasteiger partial charge in [-0.15, -0.1) is 11.3 Å². The summed E-state index contributed by atoms with van der Waals surface area (Å²) < 4.78 is 5.02. The van der Waals surface area contributed by atoms with E-state index >= 15 is 0 Å². The van der Waals surface area contributed by atoms with Crippen molar-refractivity contribution in [1.29, 1.82) is 0 Å². The minimum absolute atomic E-state index is 0.0142. The van der Waals surface area contributed by atoms with Gasteiger partial charge in [0.15, 0.2) is 10.9 Å². The van der Waals surface area contributed by atoms with Crippen molar-refractivity contribution in [3.8, 4) is 0 Å². The Hall–Kier alpha value is -0.940. The van der Waals surface area contributed by atoms with Gasteiger partial charge in [0, 0.05) is 32.5 Å². The maximum Gasteiger partial charge on any atom is 0.186 e. The average molecular weight is 228 g/mol. The molecule has 0 spiro atoms. The van der Waals surface area contributed by atoms with Crippen LogP contribution in [0.3, 0.4) is 0 Å². The Labute approximate surface area is 93.9 Å². The molecule has 0 amide bonds. The van der Waals surface area contributed by atoms with E-state index in [2.05, 4.69) is 16.8 Å². The Bertz CT molecular complexity index is 325. The molecule has 0 N–H and O–H groups in total. The Morgan fingerprint density at radius 1 is 1.67 bits per heavy atom. The SMILES string of the molecule is CCN(CCOC)c1nc(C(C)=O)cs1. The number of carbonyl (C=O) groups excluding carboxylic acids is 1. The van der Waals surface area contributed by atoms with Crippen molar-refractivity contribution in [1.82, 2.24) is 4.98 Å². The normalized spacial score (nSPS) is 10.3. The fraction of sp³-hybridized carbons (Fsp3) is 0.600. The third kappa shape index (κ3) is 3.28. The molecule has 0 radical (unpaired) electrons. The molecule has 4 nitrogen and oxygen atoms in total. The first-order valence-electron chi connectivity index (χ1n) is 4.89. The van der Waals surface area contributed by atoms with Gasteiger partial charge in [0.2, 0.25) is 0 Å². The maximum absolute atomic E-state index is 11.1. The molecule has 1 rings (SSSR count). The summed E-state index contributed by atoms with van der Waals surface area (Å²) in [5.74, 6) is 0.0142. The summed E-state index contributed by atoms with van der Waals surface area (Å²) in [7, 11) is 1.68. The van der Waals surface area contributed by atoms with E-state index in [1.54, 1.807) is 12.5 Å². The van der Waals surface area contributed by atoms with E-state index in [9.17, 15) is 4.79 Å². The second kappa shape index (κ2) is 5.82. The van der Waals surface area contributed by atoms with E-state index in [1.165, 1.54) is 18.3 Å². The van der Waals surface area contributed by atoms with Crippen LogP contribution in [-0.4, -0.2) is 37.6 Å². The third-order valence-corrected chi connectivity index (χ3v) is 2.97. The number of anilines is 1. The first kappa shape index (κ1) is 12.1. The van der Waals surface area contributed by atoms with Gasteiger partial charge >= 0.3 is 0 Å². The van der Waals surface area contributed by atoms with Gasteiger partial charge in [0.1, 0.15) is 5.69 Å². The highest BCUT2D eigenvalue weighted by atomic mass is 32.1. The molecular formula is C10H16N2O2S. The molecule has 0 aromatic carbocycles. The Kier molecular flexibility index (Phi) is 4.71. The van der Waals surface area contributed by atoms with Gasteiger partial charge < -0.3 is 9.64 Å². The van der Waals surface area contributed by atoms with E-state index in [1.807, 2.05) is 0 Å². The van der Waals surface area contributed by atoms with Crippen LogP contribution < -0.4 is 4.90 Å². The van der Waals surface area contributed by atoms with Crippen LogP contribution in [0.2, 0.25) is 0 Å². The van der Waals surface area contributed by atoms with Crippen LogP contribution in [0, 0.1) is 0 Å². The lowest BCUT2D eigenvalue weighted by atomic mass is 10.4.